The summed E-state index contributed by atoms with van der Waals surface area (Å²) in [6.07, 6.45) is 2.39. The lowest BCUT2D eigenvalue weighted by Gasteiger charge is -2.31. The molecule has 0 aliphatic carbocycles. The lowest BCUT2D eigenvalue weighted by Crippen LogP contribution is -2.32. The van der Waals surface area contributed by atoms with E-state index in [9.17, 15) is 0 Å². The van der Waals surface area contributed by atoms with Gasteiger partial charge in [0.05, 0.1) is 6.61 Å². The second-order valence-corrected chi connectivity index (χ2v) is 5.45. The van der Waals surface area contributed by atoms with E-state index >= 15 is 0 Å². The highest BCUT2D eigenvalue weighted by atomic mass is 16.5. The number of hydrogen-bond acceptors (Lipinski definition) is 3. The number of nitrogens with zero attached hydrogens (tertiary/aromatic N) is 1. The summed E-state index contributed by atoms with van der Waals surface area (Å²) in [4.78, 5) is 2.40. The number of anilines is 2. The first-order valence-electron chi connectivity index (χ1n) is 6.88. The molecule has 0 saturated carbocycles. The first kappa shape index (κ1) is 13.2. The van der Waals surface area contributed by atoms with Crippen LogP contribution < -0.4 is 10.6 Å². The van der Waals surface area contributed by atoms with Gasteiger partial charge in [0.1, 0.15) is 0 Å². The van der Waals surface area contributed by atoms with Crippen molar-refractivity contribution in [2.24, 2.45) is 5.92 Å². The molecule has 3 heteroatoms. The molecular formula is C15H24N2O. The van der Waals surface area contributed by atoms with Crippen molar-refractivity contribution in [3.8, 4) is 0 Å². The second-order valence-electron chi connectivity index (χ2n) is 5.45. The minimum atomic E-state index is 0.606. The molecule has 3 nitrogen and oxygen atoms in total. The molecule has 0 unspecified atom stereocenters. The number of rotatable bonds is 5. The molecule has 1 aliphatic rings. The van der Waals surface area contributed by atoms with Crippen molar-refractivity contribution >= 4 is 11.4 Å². The van der Waals surface area contributed by atoms with Crippen molar-refractivity contribution in [1.82, 2.24) is 0 Å². The van der Waals surface area contributed by atoms with Gasteiger partial charge in [-0.25, -0.2) is 0 Å². The standard InChI is InChI=1S/C15H24N2O/c1-12(2)11-18-9-8-17-7-3-4-13-5-6-14(16)10-15(13)17/h5-6,10,12H,3-4,7-9,11,16H2,1-2H3. The maximum Gasteiger partial charge on any atom is 0.0641 e. The van der Waals surface area contributed by atoms with Crippen molar-refractivity contribution in [3.63, 3.8) is 0 Å². The zero-order valence-corrected chi connectivity index (χ0v) is 11.5. The summed E-state index contributed by atoms with van der Waals surface area (Å²) in [6.45, 7) is 8.07. The molecule has 0 amide bonds. The minimum absolute atomic E-state index is 0.606. The second kappa shape index (κ2) is 6.10. The van der Waals surface area contributed by atoms with Crippen molar-refractivity contribution < 1.29 is 4.74 Å². The van der Waals surface area contributed by atoms with E-state index in [-0.39, 0.29) is 0 Å². The average molecular weight is 248 g/mol. The lowest BCUT2D eigenvalue weighted by molar-refractivity contribution is 0.115. The topological polar surface area (TPSA) is 38.5 Å². The fourth-order valence-electron chi connectivity index (χ4n) is 2.39. The van der Waals surface area contributed by atoms with Crippen molar-refractivity contribution in [2.75, 3.05) is 36.9 Å². The molecule has 0 atom stereocenters. The number of benzene rings is 1. The fraction of sp³-hybridized carbons (Fsp3) is 0.600. The molecule has 0 saturated heterocycles. The molecule has 100 valence electrons. The van der Waals surface area contributed by atoms with Gasteiger partial charge in [0.25, 0.3) is 0 Å². The first-order chi connectivity index (χ1) is 8.66. The highest BCUT2D eigenvalue weighted by Gasteiger charge is 2.16. The number of nitrogens with two attached hydrogens (primary N) is 1. The molecule has 2 N–H and O–H groups in total. The van der Waals surface area contributed by atoms with E-state index in [2.05, 4.69) is 30.9 Å². The molecule has 1 aromatic carbocycles. The molecule has 0 fully saturated rings. The van der Waals surface area contributed by atoms with Crippen LogP contribution in [-0.4, -0.2) is 26.3 Å². The Bertz CT molecular complexity index is 390. The number of aryl methyl sites for hydroxylation is 1. The zero-order chi connectivity index (χ0) is 13.0. The Morgan fingerprint density at radius 3 is 3.00 bits per heavy atom. The molecule has 1 heterocycles. The van der Waals surface area contributed by atoms with Gasteiger partial charge in [0.15, 0.2) is 0 Å². The average Bonchev–Trinajstić information content (AvgIpc) is 2.34. The van der Waals surface area contributed by atoms with Gasteiger partial charge in [0.2, 0.25) is 0 Å². The first-order valence-corrected chi connectivity index (χ1v) is 6.88. The summed E-state index contributed by atoms with van der Waals surface area (Å²) < 4.78 is 5.67. The van der Waals surface area contributed by atoms with E-state index in [0.717, 1.165) is 32.0 Å². The van der Waals surface area contributed by atoms with Crippen LogP contribution in [0.3, 0.4) is 0 Å². The van der Waals surface area contributed by atoms with Gasteiger partial charge in [-0.05, 0) is 36.5 Å². The molecule has 18 heavy (non-hydrogen) atoms. The van der Waals surface area contributed by atoms with Crippen LogP contribution in [0.15, 0.2) is 18.2 Å². The quantitative estimate of drug-likeness (QED) is 0.643. The predicted molar refractivity (Wildman–Crippen MR) is 77.0 cm³/mol. The van der Waals surface area contributed by atoms with E-state index in [1.807, 2.05) is 6.07 Å². The normalized spacial score (nSPS) is 14.9. The highest BCUT2D eigenvalue weighted by molar-refractivity contribution is 5.62. The van der Waals surface area contributed by atoms with Crippen LogP contribution in [0.2, 0.25) is 0 Å². The third-order valence-electron chi connectivity index (χ3n) is 3.28. The van der Waals surface area contributed by atoms with Gasteiger partial charge in [0, 0.05) is 31.1 Å². The molecule has 0 spiro atoms. The molecule has 0 radical (unpaired) electrons. The molecule has 2 rings (SSSR count). The molecule has 1 aromatic rings. The maximum absolute atomic E-state index is 5.88. The van der Waals surface area contributed by atoms with Crippen LogP contribution >= 0.6 is 0 Å². The van der Waals surface area contributed by atoms with Gasteiger partial charge in [-0.3, -0.25) is 0 Å². The molecule has 0 aromatic heterocycles. The van der Waals surface area contributed by atoms with Crippen LogP contribution in [-0.2, 0) is 11.2 Å². The van der Waals surface area contributed by atoms with Crippen molar-refractivity contribution in [3.05, 3.63) is 23.8 Å². The van der Waals surface area contributed by atoms with Crippen molar-refractivity contribution in [2.45, 2.75) is 26.7 Å². The third-order valence-corrected chi connectivity index (χ3v) is 3.28. The van der Waals surface area contributed by atoms with Gasteiger partial charge < -0.3 is 15.4 Å². The minimum Gasteiger partial charge on any atom is -0.399 e. The van der Waals surface area contributed by atoms with E-state index in [0.29, 0.717) is 5.92 Å². The Hall–Kier alpha value is -1.22. The summed E-state index contributed by atoms with van der Waals surface area (Å²) >= 11 is 0. The Morgan fingerprint density at radius 1 is 1.39 bits per heavy atom. The van der Waals surface area contributed by atoms with Crippen LogP contribution in [0.4, 0.5) is 11.4 Å². The number of hydrogen-bond donors (Lipinski definition) is 1. The van der Waals surface area contributed by atoms with Crippen LogP contribution in [0.5, 0.6) is 0 Å². The van der Waals surface area contributed by atoms with Crippen molar-refractivity contribution in [1.29, 1.82) is 0 Å². The van der Waals surface area contributed by atoms with Gasteiger partial charge in [-0.2, -0.15) is 0 Å². The molecule has 1 aliphatic heterocycles. The number of ether oxygens (including phenoxy) is 1. The summed E-state index contributed by atoms with van der Waals surface area (Å²) in [7, 11) is 0. The van der Waals surface area contributed by atoms with E-state index in [1.165, 1.54) is 24.1 Å². The van der Waals surface area contributed by atoms with Gasteiger partial charge in [-0.15, -0.1) is 0 Å². The highest BCUT2D eigenvalue weighted by Crippen LogP contribution is 2.28. The smallest absolute Gasteiger partial charge is 0.0641 e. The Labute approximate surface area is 110 Å². The maximum atomic E-state index is 5.88. The summed E-state index contributed by atoms with van der Waals surface area (Å²) in [5.41, 5.74) is 9.45. The summed E-state index contributed by atoms with van der Waals surface area (Å²) in [5.74, 6) is 0.606. The lowest BCUT2D eigenvalue weighted by atomic mass is 10.0. The van der Waals surface area contributed by atoms with Crippen LogP contribution in [0.25, 0.3) is 0 Å². The monoisotopic (exact) mass is 248 g/mol. The Morgan fingerprint density at radius 2 is 2.22 bits per heavy atom. The summed E-state index contributed by atoms with van der Waals surface area (Å²) in [5, 5.41) is 0. The largest absolute Gasteiger partial charge is 0.399 e. The zero-order valence-electron chi connectivity index (χ0n) is 11.5. The molecule has 0 bridgehead atoms. The van der Waals surface area contributed by atoms with E-state index in [4.69, 9.17) is 10.5 Å². The number of fused-ring (bicyclic) bond motifs is 1. The molecular weight excluding hydrogens is 224 g/mol. The number of nitrogen functional groups attached to an aromatic ring is 1. The van der Waals surface area contributed by atoms with Crippen LogP contribution in [0.1, 0.15) is 25.8 Å². The third kappa shape index (κ3) is 3.39. The van der Waals surface area contributed by atoms with Gasteiger partial charge in [-0.1, -0.05) is 19.9 Å². The SMILES string of the molecule is CC(C)COCCN1CCCc2ccc(N)cc21. The van der Waals surface area contributed by atoms with Gasteiger partial charge >= 0.3 is 0 Å². The van der Waals surface area contributed by atoms with E-state index < -0.39 is 0 Å². The Balaban J connectivity index is 1.93. The van der Waals surface area contributed by atoms with Crippen LogP contribution in [0, 0.1) is 5.92 Å². The fourth-order valence-corrected chi connectivity index (χ4v) is 2.39. The van der Waals surface area contributed by atoms with E-state index in [1.54, 1.807) is 0 Å². The summed E-state index contributed by atoms with van der Waals surface area (Å²) in [6, 6.07) is 6.25. The predicted octanol–water partition coefficient (Wildman–Crippen LogP) is 2.69. The Kier molecular flexibility index (Phi) is 4.48.